The first-order valence-corrected chi connectivity index (χ1v) is 11.0. The van der Waals surface area contributed by atoms with Crippen LogP contribution in [0.3, 0.4) is 0 Å². The molecule has 0 saturated carbocycles. The van der Waals surface area contributed by atoms with Gasteiger partial charge in [-0.1, -0.05) is 6.07 Å². The van der Waals surface area contributed by atoms with E-state index < -0.39 is 17.7 Å². The number of aliphatic hydroxyl groups excluding tert-OH is 1. The molecule has 34 heavy (non-hydrogen) atoms. The van der Waals surface area contributed by atoms with E-state index in [1.54, 1.807) is 42.9 Å². The molecule has 1 aromatic carbocycles. The number of hydrogen-bond acceptors (Lipinski definition) is 7. The van der Waals surface area contributed by atoms with Crippen molar-refractivity contribution >= 4 is 17.4 Å². The van der Waals surface area contributed by atoms with Gasteiger partial charge in [-0.15, -0.1) is 0 Å². The van der Waals surface area contributed by atoms with E-state index in [2.05, 4.69) is 9.97 Å². The standard InChI is InChI=1S/C25H26N4O5/c1-3-34-19-6-5-18(15-20(19)33-2)22-21(23(30)17-7-9-26-10-8-17)24(31)25(32)29(22)13-4-12-28-14-11-27-16-28/h5-11,14-16,22,30H,3-4,12-13H2,1-2H3. The third-order valence-electron chi connectivity index (χ3n) is 5.67. The number of ether oxygens (including phenoxy) is 2. The monoisotopic (exact) mass is 462 g/mol. The number of amides is 1. The molecular formula is C25H26N4O5. The molecule has 1 unspecified atom stereocenters. The number of nitrogens with zero attached hydrogens (tertiary/aromatic N) is 4. The smallest absolute Gasteiger partial charge is 0.295 e. The number of Topliss-reactive ketones (excluding diaryl/α,β-unsaturated/α-hetero) is 1. The molecular weight excluding hydrogens is 436 g/mol. The summed E-state index contributed by atoms with van der Waals surface area (Å²) in [6.45, 7) is 3.28. The molecule has 3 heterocycles. The van der Waals surface area contributed by atoms with Crippen LogP contribution < -0.4 is 9.47 Å². The maximum Gasteiger partial charge on any atom is 0.295 e. The number of aryl methyl sites for hydroxylation is 1. The lowest BCUT2D eigenvalue weighted by Crippen LogP contribution is -2.31. The Morgan fingerprint density at radius 3 is 2.53 bits per heavy atom. The van der Waals surface area contributed by atoms with E-state index in [4.69, 9.17) is 9.47 Å². The van der Waals surface area contributed by atoms with Crippen molar-refractivity contribution in [1.29, 1.82) is 0 Å². The second-order valence-corrected chi connectivity index (χ2v) is 7.73. The van der Waals surface area contributed by atoms with Crippen LogP contribution in [0.2, 0.25) is 0 Å². The quantitative estimate of drug-likeness (QED) is 0.296. The average Bonchev–Trinajstić information content (AvgIpc) is 3.47. The number of rotatable bonds is 9. The van der Waals surface area contributed by atoms with Gasteiger partial charge in [-0.25, -0.2) is 4.98 Å². The fraction of sp³-hybridized carbons (Fsp3) is 0.280. The lowest BCUT2D eigenvalue weighted by atomic mass is 9.95. The second-order valence-electron chi connectivity index (χ2n) is 7.73. The molecule has 1 N–H and O–H groups in total. The molecule has 0 radical (unpaired) electrons. The van der Waals surface area contributed by atoms with Gasteiger partial charge >= 0.3 is 0 Å². The van der Waals surface area contributed by atoms with Crippen LogP contribution in [0.5, 0.6) is 11.5 Å². The Balaban J connectivity index is 1.76. The van der Waals surface area contributed by atoms with Crippen molar-refractivity contribution < 1.29 is 24.2 Å². The number of pyridine rings is 1. The molecule has 0 aliphatic carbocycles. The van der Waals surface area contributed by atoms with Gasteiger partial charge in [-0.05, 0) is 43.2 Å². The number of aliphatic hydroxyl groups is 1. The number of methoxy groups -OCH3 is 1. The average molecular weight is 463 g/mol. The molecule has 9 nitrogen and oxygen atoms in total. The van der Waals surface area contributed by atoms with E-state index in [1.807, 2.05) is 17.7 Å². The van der Waals surface area contributed by atoms with Gasteiger partial charge in [0.2, 0.25) is 0 Å². The van der Waals surface area contributed by atoms with Gasteiger partial charge in [0, 0.05) is 43.4 Å². The van der Waals surface area contributed by atoms with Crippen molar-refractivity contribution in [2.24, 2.45) is 0 Å². The second kappa shape index (κ2) is 10.2. The molecule has 1 amide bonds. The fourth-order valence-electron chi connectivity index (χ4n) is 4.09. The van der Waals surface area contributed by atoms with Crippen LogP contribution in [-0.2, 0) is 16.1 Å². The summed E-state index contributed by atoms with van der Waals surface area (Å²) >= 11 is 0. The van der Waals surface area contributed by atoms with Crippen molar-refractivity contribution in [1.82, 2.24) is 19.4 Å². The summed E-state index contributed by atoms with van der Waals surface area (Å²) in [6.07, 6.45) is 8.87. The van der Waals surface area contributed by atoms with Gasteiger partial charge in [0.25, 0.3) is 11.7 Å². The highest BCUT2D eigenvalue weighted by Gasteiger charge is 2.46. The van der Waals surface area contributed by atoms with Crippen LogP contribution in [0, 0.1) is 0 Å². The van der Waals surface area contributed by atoms with Crippen LogP contribution >= 0.6 is 0 Å². The molecule has 1 aliphatic rings. The summed E-state index contributed by atoms with van der Waals surface area (Å²) in [5.74, 6) is -0.586. The molecule has 0 bridgehead atoms. The van der Waals surface area contributed by atoms with E-state index in [-0.39, 0.29) is 11.3 Å². The van der Waals surface area contributed by atoms with E-state index in [9.17, 15) is 14.7 Å². The molecule has 9 heteroatoms. The lowest BCUT2D eigenvalue weighted by molar-refractivity contribution is -0.139. The van der Waals surface area contributed by atoms with Gasteiger partial charge in [0.05, 0.1) is 31.7 Å². The maximum absolute atomic E-state index is 13.1. The molecule has 176 valence electrons. The molecule has 2 aromatic heterocycles. The molecule has 1 aliphatic heterocycles. The number of benzene rings is 1. The van der Waals surface area contributed by atoms with Gasteiger partial charge in [0.1, 0.15) is 5.76 Å². The van der Waals surface area contributed by atoms with Crippen molar-refractivity contribution in [3.63, 3.8) is 0 Å². The summed E-state index contributed by atoms with van der Waals surface area (Å²) in [5, 5.41) is 11.1. The summed E-state index contributed by atoms with van der Waals surface area (Å²) in [5.41, 5.74) is 1.08. The summed E-state index contributed by atoms with van der Waals surface area (Å²) in [4.78, 5) is 35.7. The topological polar surface area (TPSA) is 107 Å². The highest BCUT2D eigenvalue weighted by atomic mass is 16.5. The lowest BCUT2D eigenvalue weighted by Gasteiger charge is -2.26. The van der Waals surface area contributed by atoms with Gasteiger partial charge < -0.3 is 24.0 Å². The van der Waals surface area contributed by atoms with Crippen molar-refractivity contribution in [2.75, 3.05) is 20.3 Å². The van der Waals surface area contributed by atoms with Crippen LogP contribution in [0.25, 0.3) is 5.76 Å². The van der Waals surface area contributed by atoms with Crippen molar-refractivity contribution in [3.05, 3.63) is 78.1 Å². The predicted octanol–water partition coefficient (Wildman–Crippen LogP) is 3.20. The Labute approximate surface area is 197 Å². The van der Waals surface area contributed by atoms with Crippen molar-refractivity contribution in [3.8, 4) is 11.5 Å². The Bertz CT molecular complexity index is 1190. The number of imidazole rings is 1. The minimum atomic E-state index is -0.777. The molecule has 4 rings (SSSR count). The Morgan fingerprint density at radius 1 is 1.06 bits per heavy atom. The predicted molar refractivity (Wildman–Crippen MR) is 124 cm³/mol. The van der Waals surface area contributed by atoms with Gasteiger partial charge in [-0.2, -0.15) is 0 Å². The highest BCUT2D eigenvalue weighted by molar-refractivity contribution is 6.46. The van der Waals surface area contributed by atoms with Crippen LogP contribution in [0.15, 0.2) is 67.0 Å². The van der Waals surface area contributed by atoms with Crippen molar-refractivity contribution in [2.45, 2.75) is 25.9 Å². The SMILES string of the molecule is CCOc1ccc(C2C(=C(O)c3ccncc3)C(=O)C(=O)N2CCCn2ccnc2)cc1OC. The Hall–Kier alpha value is -4.14. The third-order valence-corrected chi connectivity index (χ3v) is 5.67. The number of carbonyl (C=O) groups excluding carboxylic acids is 2. The van der Waals surface area contributed by atoms with E-state index in [1.165, 1.54) is 24.4 Å². The summed E-state index contributed by atoms with van der Waals surface area (Å²) < 4.78 is 13.0. The summed E-state index contributed by atoms with van der Waals surface area (Å²) in [6, 6.07) is 7.68. The first kappa shape index (κ1) is 23.0. The highest BCUT2D eigenvalue weighted by Crippen LogP contribution is 2.42. The minimum Gasteiger partial charge on any atom is -0.507 e. The van der Waals surface area contributed by atoms with Gasteiger partial charge in [0.15, 0.2) is 11.5 Å². The minimum absolute atomic E-state index is 0.0324. The van der Waals surface area contributed by atoms with Crippen LogP contribution in [0.1, 0.15) is 30.5 Å². The number of hydrogen-bond donors (Lipinski definition) is 1. The Kier molecular flexibility index (Phi) is 6.91. The number of ketones is 1. The largest absolute Gasteiger partial charge is 0.507 e. The first-order chi connectivity index (χ1) is 16.5. The Morgan fingerprint density at radius 2 is 1.85 bits per heavy atom. The molecule has 3 aromatic rings. The number of carbonyl (C=O) groups is 2. The zero-order chi connectivity index (χ0) is 24.1. The maximum atomic E-state index is 13.1. The van der Waals surface area contributed by atoms with Gasteiger partial charge in [-0.3, -0.25) is 14.6 Å². The van der Waals surface area contributed by atoms with Crippen LogP contribution in [0.4, 0.5) is 0 Å². The normalized spacial score (nSPS) is 17.2. The molecule has 0 spiro atoms. The van der Waals surface area contributed by atoms with E-state index in [0.29, 0.717) is 48.7 Å². The molecule has 1 fully saturated rings. The van der Waals surface area contributed by atoms with Crippen LogP contribution in [-0.4, -0.2) is 56.5 Å². The zero-order valence-corrected chi connectivity index (χ0v) is 19.0. The molecule has 1 atom stereocenters. The molecule has 1 saturated heterocycles. The third kappa shape index (κ3) is 4.50. The number of likely N-dealkylation sites (tertiary alicyclic amines) is 1. The van der Waals surface area contributed by atoms with E-state index >= 15 is 0 Å². The summed E-state index contributed by atoms with van der Waals surface area (Å²) in [7, 11) is 1.53. The van der Waals surface area contributed by atoms with E-state index in [0.717, 1.165) is 0 Å². The fourth-order valence-corrected chi connectivity index (χ4v) is 4.09. The zero-order valence-electron chi connectivity index (χ0n) is 19.0. The number of aromatic nitrogens is 3. The first-order valence-electron chi connectivity index (χ1n) is 11.0.